The van der Waals surface area contributed by atoms with E-state index in [-0.39, 0.29) is 17.1 Å². The molecule has 2 aliphatic rings. The first-order valence-electron chi connectivity index (χ1n) is 11.6. The molecule has 5 rings (SSSR count). The van der Waals surface area contributed by atoms with Crippen molar-refractivity contribution in [3.8, 4) is 23.0 Å². The molecule has 0 bridgehead atoms. The zero-order valence-electron chi connectivity index (χ0n) is 20.7. The van der Waals surface area contributed by atoms with E-state index in [0.29, 0.717) is 22.6 Å². The van der Waals surface area contributed by atoms with E-state index in [9.17, 15) is 15.0 Å². The molecule has 37 heavy (non-hydrogen) atoms. The zero-order valence-corrected chi connectivity index (χ0v) is 22.3. The number of rotatable bonds is 6. The van der Waals surface area contributed by atoms with Crippen LogP contribution in [0.2, 0.25) is 0 Å². The molecule has 8 nitrogen and oxygen atoms in total. The molecule has 9 heteroatoms. The lowest BCUT2D eigenvalue weighted by Crippen LogP contribution is -2.52. The fourth-order valence-electron chi connectivity index (χ4n) is 5.91. The van der Waals surface area contributed by atoms with Crippen molar-refractivity contribution in [2.75, 3.05) is 28.4 Å². The SMILES string of the molecule is COC(=O)[C@H]1[C@@H](O)[C@@]2(O)c3c(OC)cc(OC)cc3O[C@@]2(c2ccc(OC)cc2)[C@@H]1c1ccc(Br)cc1. The summed E-state index contributed by atoms with van der Waals surface area (Å²) in [6.07, 6.45) is -1.61. The Morgan fingerprint density at radius 2 is 1.57 bits per heavy atom. The predicted molar refractivity (Wildman–Crippen MR) is 137 cm³/mol. The molecule has 1 aliphatic carbocycles. The number of halogens is 1. The second kappa shape index (κ2) is 9.24. The molecule has 1 saturated carbocycles. The van der Waals surface area contributed by atoms with Crippen LogP contribution in [0.15, 0.2) is 65.1 Å². The van der Waals surface area contributed by atoms with Crippen LogP contribution in [0, 0.1) is 5.92 Å². The van der Waals surface area contributed by atoms with Gasteiger partial charge in [-0.2, -0.15) is 0 Å². The third-order valence-electron chi connectivity index (χ3n) is 7.50. The summed E-state index contributed by atoms with van der Waals surface area (Å²) in [6.45, 7) is 0. The van der Waals surface area contributed by atoms with Crippen LogP contribution in [0.25, 0.3) is 0 Å². The van der Waals surface area contributed by atoms with E-state index >= 15 is 0 Å². The maximum Gasteiger partial charge on any atom is 0.312 e. The van der Waals surface area contributed by atoms with Crippen molar-refractivity contribution in [1.82, 2.24) is 0 Å². The Labute approximate surface area is 222 Å². The normalized spacial score (nSPS) is 27.6. The number of hydrogen-bond donors (Lipinski definition) is 2. The number of aliphatic hydroxyl groups is 2. The number of fused-ring (bicyclic) bond motifs is 3. The molecule has 0 saturated heterocycles. The molecule has 0 spiro atoms. The van der Waals surface area contributed by atoms with E-state index in [1.165, 1.54) is 21.3 Å². The molecule has 1 aliphatic heterocycles. The summed E-state index contributed by atoms with van der Waals surface area (Å²) in [5, 5.41) is 24.6. The van der Waals surface area contributed by atoms with Crippen molar-refractivity contribution < 1.29 is 38.7 Å². The first-order chi connectivity index (χ1) is 17.8. The fourth-order valence-corrected chi connectivity index (χ4v) is 6.18. The van der Waals surface area contributed by atoms with Crippen molar-refractivity contribution in [3.05, 3.63) is 81.8 Å². The number of methoxy groups -OCH3 is 4. The van der Waals surface area contributed by atoms with Gasteiger partial charge in [0.1, 0.15) is 29.1 Å². The minimum atomic E-state index is -2.11. The molecule has 3 aromatic carbocycles. The molecular weight excluding hydrogens is 544 g/mol. The van der Waals surface area contributed by atoms with Gasteiger partial charge in [-0.15, -0.1) is 0 Å². The largest absolute Gasteiger partial charge is 0.497 e. The Morgan fingerprint density at radius 1 is 0.919 bits per heavy atom. The summed E-state index contributed by atoms with van der Waals surface area (Å²) in [7, 11) is 5.78. The molecule has 194 valence electrons. The van der Waals surface area contributed by atoms with Crippen LogP contribution in [0.3, 0.4) is 0 Å². The first-order valence-corrected chi connectivity index (χ1v) is 12.4. The maximum absolute atomic E-state index is 13.3. The van der Waals surface area contributed by atoms with Crippen LogP contribution in [-0.4, -0.2) is 50.7 Å². The van der Waals surface area contributed by atoms with Crippen molar-refractivity contribution in [2.24, 2.45) is 5.92 Å². The molecule has 0 aromatic heterocycles. The lowest BCUT2D eigenvalue weighted by molar-refractivity contribution is -0.161. The lowest BCUT2D eigenvalue weighted by atomic mass is 9.70. The van der Waals surface area contributed by atoms with Gasteiger partial charge in [-0.1, -0.05) is 40.2 Å². The smallest absolute Gasteiger partial charge is 0.312 e. The standard InChI is InChI=1S/C28H27BrO8/c1-33-18-11-7-16(8-12-18)28-23(15-5-9-17(29)10-6-15)22(26(31)36-4)25(30)27(28,32)24-20(35-3)13-19(34-2)14-21(24)37-28/h5-14,22-23,25,30,32H,1-4H3/t22-,23-,25-,27+,28+/m1/s1. The Kier molecular flexibility index (Phi) is 6.34. The number of hydrogen-bond acceptors (Lipinski definition) is 8. The van der Waals surface area contributed by atoms with Crippen LogP contribution >= 0.6 is 15.9 Å². The second-order valence-electron chi connectivity index (χ2n) is 9.06. The second-order valence-corrected chi connectivity index (χ2v) is 9.97. The van der Waals surface area contributed by atoms with E-state index in [1.54, 1.807) is 43.5 Å². The average molecular weight is 571 g/mol. The topological polar surface area (TPSA) is 104 Å². The predicted octanol–water partition coefficient (Wildman–Crippen LogP) is 3.90. The van der Waals surface area contributed by atoms with E-state index in [1.807, 2.05) is 24.3 Å². The summed E-state index contributed by atoms with van der Waals surface area (Å²) < 4.78 is 29.1. The molecule has 0 unspecified atom stereocenters. The lowest BCUT2D eigenvalue weighted by Gasteiger charge is -2.40. The molecule has 3 aromatic rings. The van der Waals surface area contributed by atoms with Gasteiger partial charge in [-0.05, 0) is 35.4 Å². The summed E-state index contributed by atoms with van der Waals surface area (Å²) in [5.41, 5.74) is -2.32. The molecule has 1 fully saturated rings. The Balaban J connectivity index is 1.88. The van der Waals surface area contributed by atoms with Crippen LogP contribution < -0.4 is 18.9 Å². The monoisotopic (exact) mass is 570 g/mol. The van der Waals surface area contributed by atoms with Gasteiger partial charge in [0.15, 0.2) is 11.2 Å². The van der Waals surface area contributed by atoms with Crippen LogP contribution in [0.4, 0.5) is 0 Å². The van der Waals surface area contributed by atoms with Gasteiger partial charge in [0.25, 0.3) is 0 Å². The number of esters is 1. The molecule has 0 amide bonds. The van der Waals surface area contributed by atoms with Gasteiger partial charge in [0, 0.05) is 22.5 Å². The Bertz CT molecular complexity index is 1330. The first kappa shape index (κ1) is 25.4. The highest BCUT2D eigenvalue weighted by Gasteiger charge is 2.78. The summed E-state index contributed by atoms with van der Waals surface area (Å²) in [5.74, 6) is -1.12. The zero-order chi connectivity index (χ0) is 26.5. The number of carbonyl (C=O) groups is 1. The van der Waals surface area contributed by atoms with Crippen LogP contribution in [0.5, 0.6) is 23.0 Å². The molecule has 0 radical (unpaired) electrons. The quantitative estimate of drug-likeness (QED) is 0.430. The highest BCUT2D eigenvalue weighted by molar-refractivity contribution is 9.10. The van der Waals surface area contributed by atoms with Gasteiger partial charge in [0.05, 0.1) is 39.9 Å². The van der Waals surface area contributed by atoms with E-state index in [0.717, 1.165) is 4.47 Å². The molecule has 1 heterocycles. The summed E-state index contributed by atoms with van der Waals surface area (Å²) in [6, 6.07) is 17.6. The highest BCUT2D eigenvalue weighted by Crippen LogP contribution is 2.70. The number of ether oxygens (including phenoxy) is 5. The average Bonchev–Trinajstić information content (AvgIpc) is 3.30. The molecular formula is C28H27BrO8. The van der Waals surface area contributed by atoms with Crippen molar-refractivity contribution >= 4 is 21.9 Å². The number of benzene rings is 3. The Morgan fingerprint density at radius 3 is 2.14 bits per heavy atom. The van der Waals surface area contributed by atoms with Gasteiger partial charge in [-0.25, -0.2) is 0 Å². The van der Waals surface area contributed by atoms with Gasteiger partial charge < -0.3 is 33.9 Å². The number of carbonyl (C=O) groups excluding carboxylic acids is 1. The number of aliphatic hydroxyl groups excluding tert-OH is 1. The summed E-state index contributed by atoms with van der Waals surface area (Å²) >= 11 is 3.46. The van der Waals surface area contributed by atoms with E-state index in [4.69, 9.17) is 23.7 Å². The van der Waals surface area contributed by atoms with E-state index in [2.05, 4.69) is 15.9 Å². The van der Waals surface area contributed by atoms with Crippen LogP contribution in [-0.2, 0) is 20.7 Å². The maximum atomic E-state index is 13.3. The van der Waals surface area contributed by atoms with Crippen molar-refractivity contribution in [3.63, 3.8) is 0 Å². The molecule has 5 atom stereocenters. The third-order valence-corrected chi connectivity index (χ3v) is 8.03. The van der Waals surface area contributed by atoms with Crippen molar-refractivity contribution in [1.29, 1.82) is 0 Å². The van der Waals surface area contributed by atoms with Crippen molar-refractivity contribution in [2.45, 2.75) is 23.2 Å². The van der Waals surface area contributed by atoms with Crippen LogP contribution in [0.1, 0.15) is 22.6 Å². The minimum Gasteiger partial charge on any atom is -0.497 e. The highest BCUT2D eigenvalue weighted by atomic mass is 79.9. The van der Waals surface area contributed by atoms with Gasteiger partial charge >= 0.3 is 5.97 Å². The molecule has 2 N–H and O–H groups in total. The third kappa shape index (κ3) is 3.44. The Hall–Kier alpha value is -3.27. The van der Waals surface area contributed by atoms with Gasteiger partial charge in [-0.3, -0.25) is 4.79 Å². The fraction of sp³-hybridized carbons (Fsp3) is 0.321. The summed E-state index contributed by atoms with van der Waals surface area (Å²) in [4.78, 5) is 13.3. The van der Waals surface area contributed by atoms with Gasteiger partial charge in [0.2, 0.25) is 0 Å². The van der Waals surface area contributed by atoms with E-state index < -0.39 is 35.1 Å². The minimum absolute atomic E-state index is 0.229.